The van der Waals surface area contributed by atoms with Crippen molar-refractivity contribution in [2.24, 2.45) is 0 Å². The Morgan fingerprint density at radius 3 is 2.71 bits per heavy atom. The van der Waals surface area contributed by atoms with Gasteiger partial charge in [-0.05, 0) is 30.3 Å². The van der Waals surface area contributed by atoms with Gasteiger partial charge in [-0.1, -0.05) is 6.07 Å². The number of hydrogen-bond acceptors (Lipinski definition) is 5. The number of anilines is 2. The Bertz CT molecular complexity index is 797. The summed E-state index contributed by atoms with van der Waals surface area (Å²) in [7, 11) is -0.748. The maximum absolute atomic E-state index is 12.7. The summed E-state index contributed by atoms with van der Waals surface area (Å²) in [5.74, 6) is 0. The van der Waals surface area contributed by atoms with E-state index in [0.717, 1.165) is 4.31 Å². The number of sulfonamides is 1. The van der Waals surface area contributed by atoms with Crippen molar-refractivity contribution >= 4 is 21.4 Å². The molecule has 2 aromatic rings. The van der Waals surface area contributed by atoms with Crippen LogP contribution in [0.5, 0.6) is 0 Å². The average Bonchev–Trinajstić information content (AvgIpc) is 2.54. The molecule has 6 nitrogen and oxygen atoms in total. The van der Waals surface area contributed by atoms with Crippen molar-refractivity contribution in [3.8, 4) is 6.07 Å². The first-order valence-corrected chi connectivity index (χ1v) is 7.56. The first-order chi connectivity index (χ1) is 10.0. The smallest absolute Gasteiger partial charge is 0.283 e. The molecule has 0 aliphatic rings. The van der Waals surface area contributed by atoms with Crippen LogP contribution in [0.25, 0.3) is 0 Å². The number of nitrogens with zero attached hydrogens (tertiary/aromatic N) is 3. The number of hydrogen-bond donors (Lipinski definition) is 1. The van der Waals surface area contributed by atoms with E-state index in [1.54, 1.807) is 37.4 Å². The minimum atomic E-state index is -3.81. The first-order valence-electron chi connectivity index (χ1n) is 6.12. The summed E-state index contributed by atoms with van der Waals surface area (Å²) < 4.78 is 26.4. The minimum Gasteiger partial charge on any atom is -0.386 e. The van der Waals surface area contributed by atoms with E-state index in [0.29, 0.717) is 16.9 Å². The molecule has 1 N–H and O–H groups in total. The lowest BCUT2D eigenvalue weighted by atomic mass is 10.2. The second kappa shape index (κ2) is 5.81. The summed E-state index contributed by atoms with van der Waals surface area (Å²) in [5, 5.41) is 11.7. The summed E-state index contributed by atoms with van der Waals surface area (Å²) in [4.78, 5) is 3.95. The van der Waals surface area contributed by atoms with E-state index in [2.05, 4.69) is 10.3 Å². The molecule has 0 atom stereocenters. The van der Waals surface area contributed by atoms with Crippen LogP contribution in [-0.2, 0) is 10.0 Å². The zero-order chi connectivity index (χ0) is 15.5. The highest BCUT2D eigenvalue weighted by Crippen LogP contribution is 2.25. The van der Waals surface area contributed by atoms with Crippen LogP contribution in [0, 0.1) is 11.3 Å². The second-order valence-corrected chi connectivity index (χ2v) is 6.13. The minimum absolute atomic E-state index is 0.0580. The van der Waals surface area contributed by atoms with Gasteiger partial charge in [-0.3, -0.25) is 4.31 Å². The largest absolute Gasteiger partial charge is 0.386 e. The number of benzene rings is 1. The fraction of sp³-hybridized carbons (Fsp3) is 0.143. The highest BCUT2D eigenvalue weighted by molar-refractivity contribution is 7.92. The summed E-state index contributed by atoms with van der Waals surface area (Å²) >= 11 is 0. The third-order valence-corrected chi connectivity index (χ3v) is 4.73. The monoisotopic (exact) mass is 302 g/mol. The highest BCUT2D eigenvalue weighted by atomic mass is 32.2. The molecule has 1 aromatic heterocycles. The van der Waals surface area contributed by atoms with E-state index in [-0.39, 0.29) is 5.03 Å². The fourth-order valence-electron chi connectivity index (χ4n) is 1.83. The van der Waals surface area contributed by atoms with Gasteiger partial charge in [0.1, 0.15) is 0 Å². The zero-order valence-corrected chi connectivity index (χ0v) is 12.4. The van der Waals surface area contributed by atoms with Gasteiger partial charge in [-0.25, -0.2) is 4.98 Å². The van der Waals surface area contributed by atoms with Crippen molar-refractivity contribution in [1.82, 2.24) is 4.98 Å². The third-order valence-electron chi connectivity index (χ3n) is 2.98. The predicted molar refractivity (Wildman–Crippen MR) is 80.5 cm³/mol. The topological polar surface area (TPSA) is 86.1 Å². The van der Waals surface area contributed by atoms with Crippen molar-refractivity contribution < 1.29 is 8.42 Å². The van der Waals surface area contributed by atoms with Crippen LogP contribution in [0.15, 0.2) is 47.6 Å². The predicted octanol–water partition coefficient (Wildman–Crippen LogP) is 1.82. The molecule has 0 saturated carbocycles. The van der Waals surface area contributed by atoms with Gasteiger partial charge in [0.2, 0.25) is 0 Å². The number of aromatic nitrogens is 1. The molecule has 2 rings (SSSR count). The molecule has 1 aromatic carbocycles. The molecule has 0 saturated heterocycles. The quantitative estimate of drug-likeness (QED) is 0.931. The molecule has 0 bridgehead atoms. The molecular formula is C14H14N4O2S. The molecule has 0 aliphatic carbocycles. The lowest BCUT2D eigenvalue weighted by Crippen LogP contribution is -2.28. The van der Waals surface area contributed by atoms with Gasteiger partial charge in [-0.2, -0.15) is 13.7 Å². The van der Waals surface area contributed by atoms with E-state index in [9.17, 15) is 8.42 Å². The first kappa shape index (κ1) is 14.8. The number of nitrogens with one attached hydrogen (secondary N) is 1. The van der Waals surface area contributed by atoms with E-state index >= 15 is 0 Å². The third kappa shape index (κ3) is 2.80. The number of nitriles is 1. The molecule has 0 aliphatic heterocycles. The van der Waals surface area contributed by atoms with Gasteiger partial charge >= 0.3 is 0 Å². The summed E-state index contributed by atoms with van der Waals surface area (Å²) in [5.41, 5.74) is 1.21. The van der Waals surface area contributed by atoms with Crippen molar-refractivity contribution in [2.75, 3.05) is 23.7 Å². The fourth-order valence-corrected chi connectivity index (χ4v) is 3.12. The molecule has 21 heavy (non-hydrogen) atoms. The van der Waals surface area contributed by atoms with Crippen LogP contribution in [0.3, 0.4) is 0 Å². The Hall–Kier alpha value is -2.59. The van der Waals surface area contributed by atoms with Gasteiger partial charge in [0, 0.05) is 20.3 Å². The summed E-state index contributed by atoms with van der Waals surface area (Å²) in [6.45, 7) is 0. The second-order valence-electron chi connectivity index (χ2n) is 4.24. The van der Waals surface area contributed by atoms with Crippen molar-refractivity contribution in [1.29, 1.82) is 5.26 Å². The molecule has 0 amide bonds. The van der Waals surface area contributed by atoms with Crippen LogP contribution in [0.4, 0.5) is 11.4 Å². The highest BCUT2D eigenvalue weighted by Gasteiger charge is 2.25. The molecule has 0 unspecified atom stereocenters. The molecule has 0 fully saturated rings. The Labute approximate surface area is 123 Å². The van der Waals surface area contributed by atoms with Crippen LogP contribution < -0.4 is 9.62 Å². The van der Waals surface area contributed by atoms with Crippen LogP contribution >= 0.6 is 0 Å². The molecule has 108 valence electrons. The Kier molecular flexibility index (Phi) is 4.10. The van der Waals surface area contributed by atoms with Gasteiger partial charge in [-0.15, -0.1) is 0 Å². The average molecular weight is 302 g/mol. The maximum atomic E-state index is 12.7. The Balaban J connectivity index is 2.50. The van der Waals surface area contributed by atoms with E-state index in [1.807, 2.05) is 6.07 Å². The van der Waals surface area contributed by atoms with Gasteiger partial charge in [0.05, 0.1) is 23.0 Å². The summed E-state index contributed by atoms with van der Waals surface area (Å²) in [6, 6.07) is 11.7. The molecular weight excluding hydrogens is 288 g/mol. The van der Waals surface area contributed by atoms with Crippen LogP contribution in [0.1, 0.15) is 5.56 Å². The maximum Gasteiger partial charge on any atom is 0.283 e. The standard InChI is InChI=1S/C14H14N4O2S/c1-16-13-7-4-8-17-14(13)21(19,20)18(2)12-6-3-5-11(9-12)10-15/h3-9,16H,1-2H3. The normalized spacial score (nSPS) is 10.7. The molecule has 1 heterocycles. The molecule has 0 spiro atoms. The lowest BCUT2D eigenvalue weighted by molar-refractivity contribution is 0.591. The van der Waals surface area contributed by atoms with E-state index < -0.39 is 10.0 Å². The lowest BCUT2D eigenvalue weighted by Gasteiger charge is -2.20. The SMILES string of the molecule is CNc1cccnc1S(=O)(=O)N(C)c1cccc(C#N)c1. The van der Waals surface area contributed by atoms with Crippen molar-refractivity contribution in [3.05, 3.63) is 48.2 Å². The summed E-state index contributed by atoms with van der Waals surface area (Å²) in [6.07, 6.45) is 1.42. The van der Waals surface area contributed by atoms with Crippen molar-refractivity contribution in [3.63, 3.8) is 0 Å². The molecule has 0 radical (unpaired) electrons. The van der Waals surface area contributed by atoms with Gasteiger partial charge in [0.15, 0.2) is 5.03 Å². The number of rotatable bonds is 4. The zero-order valence-electron chi connectivity index (χ0n) is 11.6. The molecule has 7 heteroatoms. The Morgan fingerprint density at radius 1 is 1.29 bits per heavy atom. The van der Waals surface area contributed by atoms with Crippen LogP contribution in [0.2, 0.25) is 0 Å². The Morgan fingerprint density at radius 2 is 2.05 bits per heavy atom. The van der Waals surface area contributed by atoms with Gasteiger partial charge < -0.3 is 5.32 Å². The van der Waals surface area contributed by atoms with Crippen molar-refractivity contribution in [2.45, 2.75) is 5.03 Å². The van der Waals surface area contributed by atoms with Gasteiger partial charge in [0.25, 0.3) is 10.0 Å². The van der Waals surface area contributed by atoms with E-state index in [4.69, 9.17) is 5.26 Å². The van der Waals surface area contributed by atoms with Crippen LogP contribution in [-0.4, -0.2) is 27.5 Å². The van der Waals surface area contributed by atoms with E-state index in [1.165, 1.54) is 19.3 Å². The number of pyridine rings is 1.